The van der Waals surface area contributed by atoms with E-state index in [1.54, 1.807) is 25.9 Å². The lowest BCUT2D eigenvalue weighted by molar-refractivity contribution is -0.130. The first-order chi connectivity index (χ1) is 8.08. The minimum absolute atomic E-state index is 0.0131. The molecule has 0 saturated heterocycles. The first kappa shape index (κ1) is 13.4. The van der Waals surface area contributed by atoms with Gasteiger partial charge in [-0.3, -0.25) is 4.79 Å². The van der Waals surface area contributed by atoms with Crippen LogP contribution in [0, 0.1) is 0 Å². The molecule has 1 aromatic rings. The van der Waals surface area contributed by atoms with Crippen molar-refractivity contribution in [3.05, 3.63) is 5.89 Å². The van der Waals surface area contributed by atoms with Crippen LogP contribution in [0.25, 0.3) is 0 Å². The topological polar surface area (TPSA) is 83.3 Å². The molecule has 0 spiro atoms. The van der Waals surface area contributed by atoms with Crippen LogP contribution in [-0.4, -0.2) is 47.7 Å². The van der Waals surface area contributed by atoms with Gasteiger partial charge in [0, 0.05) is 13.6 Å². The molecule has 1 atom stereocenters. The second-order valence-electron chi connectivity index (χ2n) is 3.75. The van der Waals surface area contributed by atoms with Gasteiger partial charge in [-0.1, -0.05) is 5.10 Å². The maximum atomic E-state index is 11.8. The zero-order chi connectivity index (χ0) is 12.8. The molecule has 7 nitrogen and oxygen atoms in total. The molecule has 0 saturated carbocycles. The molecule has 1 amide bonds. The monoisotopic (exact) mass is 241 g/mol. The molecule has 0 aliphatic rings. The Morgan fingerprint density at radius 3 is 2.82 bits per heavy atom. The second-order valence-corrected chi connectivity index (χ2v) is 3.75. The molecule has 1 rings (SSSR count). The third kappa shape index (κ3) is 3.70. The maximum Gasteiger partial charge on any atom is 0.316 e. The summed E-state index contributed by atoms with van der Waals surface area (Å²) in [5, 5.41) is 13.4. The lowest BCUT2D eigenvalue weighted by Gasteiger charge is -2.19. The van der Waals surface area contributed by atoms with E-state index in [1.807, 2.05) is 6.92 Å². The van der Waals surface area contributed by atoms with Gasteiger partial charge in [0.2, 0.25) is 11.8 Å². The van der Waals surface area contributed by atoms with Crippen LogP contribution in [0.15, 0.2) is 4.42 Å². The summed E-state index contributed by atoms with van der Waals surface area (Å²) in [6, 6.07) is -0.122. The number of nitrogens with zero attached hydrogens (tertiary/aromatic N) is 3. The molecule has 0 aliphatic heterocycles. The Balaban J connectivity index is 2.55. The quantitative estimate of drug-likeness (QED) is 0.733. The van der Waals surface area contributed by atoms with Crippen molar-refractivity contribution in [1.29, 1.82) is 0 Å². The van der Waals surface area contributed by atoms with Crippen molar-refractivity contribution >= 4 is 11.9 Å². The summed E-state index contributed by atoms with van der Waals surface area (Å²) in [6.07, 6.45) is 0. The summed E-state index contributed by atoms with van der Waals surface area (Å²) < 4.78 is 5.29. The van der Waals surface area contributed by atoms with Crippen molar-refractivity contribution in [2.24, 2.45) is 0 Å². The Morgan fingerprint density at radius 1 is 1.53 bits per heavy atom. The Morgan fingerprint density at radius 2 is 2.24 bits per heavy atom. The molecule has 0 aromatic carbocycles. The fourth-order valence-electron chi connectivity index (χ4n) is 1.27. The van der Waals surface area contributed by atoms with E-state index < -0.39 is 0 Å². The van der Waals surface area contributed by atoms with Crippen LogP contribution in [0.2, 0.25) is 0 Å². The van der Waals surface area contributed by atoms with Crippen molar-refractivity contribution < 1.29 is 9.21 Å². The molecule has 0 radical (unpaired) electrons. The zero-order valence-corrected chi connectivity index (χ0v) is 10.6. The number of nitrogens with one attached hydrogen (secondary N) is 2. The van der Waals surface area contributed by atoms with Gasteiger partial charge < -0.3 is 20.0 Å². The predicted octanol–water partition coefficient (Wildman–Crippen LogP) is 0.0677. The molecule has 0 bridgehead atoms. The number of carbonyl (C=O) groups excluding carboxylic acids is 1. The van der Waals surface area contributed by atoms with E-state index in [0.717, 1.165) is 0 Å². The molecule has 96 valence electrons. The molecule has 17 heavy (non-hydrogen) atoms. The minimum Gasteiger partial charge on any atom is -0.407 e. The maximum absolute atomic E-state index is 11.8. The number of aromatic nitrogens is 2. The molecule has 2 N–H and O–H groups in total. The van der Waals surface area contributed by atoms with Gasteiger partial charge >= 0.3 is 6.01 Å². The van der Waals surface area contributed by atoms with Gasteiger partial charge in [-0.05, 0) is 20.9 Å². The average Bonchev–Trinajstić information content (AvgIpc) is 2.75. The number of carbonyl (C=O) groups is 1. The summed E-state index contributed by atoms with van der Waals surface area (Å²) in [5.74, 6) is 0.472. The number of anilines is 1. The molecular formula is C10H19N5O2. The predicted molar refractivity (Wildman–Crippen MR) is 63.5 cm³/mol. The number of rotatable bonds is 6. The van der Waals surface area contributed by atoms with Crippen molar-refractivity contribution in [2.75, 3.05) is 26.0 Å². The fraction of sp³-hybridized carbons (Fsp3) is 0.700. The molecule has 7 heteroatoms. The summed E-state index contributed by atoms with van der Waals surface area (Å²) >= 11 is 0. The normalized spacial score (nSPS) is 12.2. The number of hydrogen-bond donors (Lipinski definition) is 2. The highest BCUT2D eigenvalue weighted by Crippen LogP contribution is 2.07. The molecule has 0 fully saturated rings. The van der Waals surface area contributed by atoms with E-state index >= 15 is 0 Å². The van der Waals surface area contributed by atoms with Gasteiger partial charge in [-0.25, -0.2) is 0 Å². The Labute approximate surface area is 101 Å². The molecule has 1 aromatic heterocycles. The Hall–Kier alpha value is -1.63. The third-order valence-corrected chi connectivity index (χ3v) is 2.36. The first-order valence-corrected chi connectivity index (χ1v) is 5.57. The van der Waals surface area contributed by atoms with E-state index in [0.29, 0.717) is 19.0 Å². The number of hydrogen-bond acceptors (Lipinski definition) is 6. The van der Waals surface area contributed by atoms with Crippen molar-refractivity contribution in [2.45, 2.75) is 26.4 Å². The van der Waals surface area contributed by atoms with E-state index in [2.05, 4.69) is 20.8 Å². The summed E-state index contributed by atoms with van der Waals surface area (Å²) in [4.78, 5) is 13.4. The zero-order valence-electron chi connectivity index (χ0n) is 10.6. The Kier molecular flexibility index (Phi) is 4.89. The van der Waals surface area contributed by atoms with E-state index in [1.165, 1.54) is 0 Å². The van der Waals surface area contributed by atoms with Gasteiger partial charge in [0.05, 0.1) is 6.54 Å². The van der Waals surface area contributed by atoms with Crippen molar-refractivity contribution in [1.82, 2.24) is 20.4 Å². The summed E-state index contributed by atoms with van der Waals surface area (Å²) in [7, 11) is 3.54. The lowest BCUT2D eigenvalue weighted by Crippen LogP contribution is -2.38. The van der Waals surface area contributed by atoms with Gasteiger partial charge in [0.25, 0.3) is 0 Å². The summed E-state index contributed by atoms with van der Waals surface area (Å²) in [6.45, 7) is 4.85. The smallest absolute Gasteiger partial charge is 0.316 e. The second kappa shape index (κ2) is 6.19. The lowest BCUT2D eigenvalue weighted by atomic mass is 10.3. The average molecular weight is 241 g/mol. The van der Waals surface area contributed by atoms with E-state index in [9.17, 15) is 4.79 Å². The van der Waals surface area contributed by atoms with Gasteiger partial charge in [0.15, 0.2) is 0 Å². The van der Waals surface area contributed by atoms with Gasteiger partial charge in [0.1, 0.15) is 6.04 Å². The highest BCUT2D eigenvalue weighted by molar-refractivity contribution is 5.83. The third-order valence-electron chi connectivity index (χ3n) is 2.36. The highest BCUT2D eigenvalue weighted by atomic mass is 16.4. The van der Waals surface area contributed by atoms with Crippen LogP contribution < -0.4 is 10.6 Å². The van der Waals surface area contributed by atoms with Gasteiger partial charge in [-0.2, -0.15) is 0 Å². The van der Waals surface area contributed by atoms with Crippen molar-refractivity contribution in [3.63, 3.8) is 0 Å². The minimum atomic E-state index is -0.386. The SMILES string of the molecule is CCN(C)C(=O)C(C)Nc1nnc(CNC)o1. The first-order valence-electron chi connectivity index (χ1n) is 5.57. The van der Waals surface area contributed by atoms with E-state index in [4.69, 9.17) is 4.42 Å². The standard InChI is InChI=1S/C10H19N5O2/c1-5-15(4)9(16)7(2)12-10-14-13-8(17-10)6-11-3/h7,11H,5-6H2,1-4H3,(H,12,14). The van der Waals surface area contributed by atoms with Crippen LogP contribution in [0.1, 0.15) is 19.7 Å². The molecule has 0 aliphatic carbocycles. The summed E-state index contributed by atoms with van der Waals surface area (Å²) in [5.41, 5.74) is 0. The van der Waals surface area contributed by atoms with Crippen LogP contribution >= 0.6 is 0 Å². The molecule has 1 unspecified atom stereocenters. The number of amides is 1. The molecular weight excluding hydrogens is 222 g/mol. The van der Waals surface area contributed by atoms with Crippen LogP contribution in [0.4, 0.5) is 6.01 Å². The van der Waals surface area contributed by atoms with E-state index in [-0.39, 0.29) is 18.0 Å². The van der Waals surface area contributed by atoms with Crippen molar-refractivity contribution in [3.8, 4) is 0 Å². The molecule has 1 heterocycles. The fourth-order valence-corrected chi connectivity index (χ4v) is 1.27. The van der Waals surface area contributed by atoms with Gasteiger partial charge in [-0.15, -0.1) is 5.10 Å². The number of likely N-dealkylation sites (N-methyl/N-ethyl adjacent to an activating group) is 1. The largest absolute Gasteiger partial charge is 0.407 e. The van der Waals surface area contributed by atoms with Crippen LogP contribution in [0.3, 0.4) is 0 Å². The Bertz CT molecular complexity index is 365. The highest BCUT2D eigenvalue weighted by Gasteiger charge is 2.18. The van der Waals surface area contributed by atoms with Crippen LogP contribution in [-0.2, 0) is 11.3 Å². The van der Waals surface area contributed by atoms with Crippen LogP contribution in [0.5, 0.6) is 0 Å².